The Morgan fingerprint density at radius 3 is 2.46 bits per heavy atom. The zero-order chi connectivity index (χ0) is 27.0. The van der Waals surface area contributed by atoms with E-state index in [4.69, 9.17) is 9.84 Å². The van der Waals surface area contributed by atoms with Gasteiger partial charge in [-0.3, -0.25) is 4.79 Å². The van der Waals surface area contributed by atoms with Crippen molar-refractivity contribution in [3.63, 3.8) is 0 Å². The molecule has 2 aromatic carbocycles. The van der Waals surface area contributed by atoms with Crippen molar-refractivity contribution in [3.05, 3.63) is 108 Å². The highest BCUT2D eigenvalue weighted by Crippen LogP contribution is 2.25. The maximum Gasteiger partial charge on any atom is 0.335 e. The molecule has 1 aliphatic rings. The van der Waals surface area contributed by atoms with Crippen LogP contribution in [0.1, 0.15) is 45.5 Å². The van der Waals surface area contributed by atoms with E-state index in [1.807, 2.05) is 65.5 Å². The summed E-state index contributed by atoms with van der Waals surface area (Å²) in [5.41, 5.74) is 3.34. The molecule has 200 valence electrons. The van der Waals surface area contributed by atoms with Gasteiger partial charge in [0.1, 0.15) is 5.82 Å². The minimum atomic E-state index is -0.924. The van der Waals surface area contributed by atoms with Crippen LogP contribution in [0.4, 0.5) is 11.5 Å². The predicted octanol–water partition coefficient (Wildman–Crippen LogP) is 5.65. The first-order valence-electron chi connectivity index (χ1n) is 13.2. The van der Waals surface area contributed by atoms with Crippen molar-refractivity contribution in [3.8, 4) is 5.69 Å². The van der Waals surface area contributed by atoms with Gasteiger partial charge in [-0.15, -0.1) is 0 Å². The summed E-state index contributed by atoms with van der Waals surface area (Å²) in [6.45, 7) is 2.93. The predicted molar refractivity (Wildman–Crippen MR) is 151 cm³/mol. The van der Waals surface area contributed by atoms with Crippen molar-refractivity contribution in [2.45, 2.75) is 25.9 Å². The van der Waals surface area contributed by atoms with Crippen LogP contribution in [-0.2, 0) is 11.3 Å². The Bertz CT molecular complexity index is 1390. The molecule has 1 fully saturated rings. The van der Waals surface area contributed by atoms with E-state index in [1.165, 1.54) is 0 Å². The second kappa shape index (κ2) is 12.4. The maximum absolute atomic E-state index is 12.8. The third-order valence-electron chi connectivity index (χ3n) is 7.07. The largest absolute Gasteiger partial charge is 0.478 e. The van der Waals surface area contributed by atoms with E-state index < -0.39 is 5.97 Å². The lowest BCUT2D eigenvalue weighted by molar-refractivity contribution is 0.0696. The number of ether oxygens (including phenoxy) is 1. The van der Waals surface area contributed by atoms with Crippen LogP contribution in [0.3, 0.4) is 0 Å². The Hall–Kier alpha value is -4.43. The molecule has 0 saturated carbocycles. The minimum absolute atomic E-state index is 0.170. The van der Waals surface area contributed by atoms with Crippen LogP contribution < -0.4 is 10.2 Å². The minimum Gasteiger partial charge on any atom is -0.478 e. The van der Waals surface area contributed by atoms with Gasteiger partial charge in [-0.05, 0) is 85.3 Å². The Morgan fingerprint density at radius 2 is 1.72 bits per heavy atom. The molecule has 8 nitrogen and oxygen atoms in total. The topological polar surface area (TPSA) is 96.7 Å². The van der Waals surface area contributed by atoms with Gasteiger partial charge in [-0.25, -0.2) is 9.78 Å². The highest BCUT2D eigenvalue weighted by molar-refractivity contribution is 6.04. The monoisotopic (exact) mass is 524 g/mol. The highest BCUT2D eigenvalue weighted by Gasteiger charge is 2.20. The van der Waals surface area contributed by atoms with E-state index in [9.17, 15) is 9.59 Å². The Labute approximate surface area is 227 Å². The van der Waals surface area contributed by atoms with Gasteiger partial charge in [-0.1, -0.05) is 18.2 Å². The molecule has 39 heavy (non-hydrogen) atoms. The van der Waals surface area contributed by atoms with E-state index in [0.29, 0.717) is 30.4 Å². The number of carboxylic acids is 1. The molecule has 2 aromatic heterocycles. The summed E-state index contributed by atoms with van der Waals surface area (Å²) in [6.07, 6.45) is 8.72. The summed E-state index contributed by atoms with van der Waals surface area (Å²) >= 11 is 0. The van der Waals surface area contributed by atoms with Crippen molar-refractivity contribution >= 4 is 23.4 Å². The smallest absolute Gasteiger partial charge is 0.335 e. The fraction of sp³-hybridized carbons (Fsp3) is 0.258. The van der Waals surface area contributed by atoms with Gasteiger partial charge in [0.2, 0.25) is 0 Å². The normalized spacial score (nSPS) is 13.8. The van der Waals surface area contributed by atoms with Crippen molar-refractivity contribution in [1.29, 1.82) is 0 Å². The first-order valence-corrected chi connectivity index (χ1v) is 13.2. The van der Waals surface area contributed by atoms with E-state index in [1.54, 1.807) is 30.5 Å². The maximum atomic E-state index is 12.8. The number of pyridine rings is 1. The molecule has 1 saturated heterocycles. The number of benzene rings is 2. The van der Waals surface area contributed by atoms with Crippen LogP contribution in [0.5, 0.6) is 0 Å². The number of amides is 1. The molecule has 0 atom stereocenters. The quantitative estimate of drug-likeness (QED) is 0.261. The van der Waals surface area contributed by atoms with Crippen molar-refractivity contribution < 1.29 is 19.4 Å². The highest BCUT2D eigenvalue weighted by atomic mass is 16.5. The molecule has 2 N–H and O–H groups in total. The zero-order valence-corrected chi connectivity index (χ0v) is 21.7. The lowest BCUT2D eigenvalue weighted by atomic mass is 9.94. The first-order chi connectivity index (χ1) is 19.0. The fourth-order valence-corrected chi connectivity index (χ4v) is 4.85. The number of hydrogen-bond acceptors (Lipinski definition) is 5. The van der Waals surface area contributed by atoms with Crippen LogP contribution >= 0.6 is 0 Å². The molecular formula is C31H32N4O4. The fourth-order valence-electron chi connectivity index (χ4n) is 4.85. The van der Waals surface area contributed by atoms with E-state index in [-0.39, 0.29) is 11.5 Å². The van der Waals surface area contributed by atoms with Crippen molar-refractivity contribution in [2.75, 3.05) is 29.9 Å². The van der Waals surface area contributed by atoms with Crippen LogP contribution in [-0.4, -0.2) is 46.2 Å². The molecule has 0 radical (unpaired) electrons. The number of anilines is 2. The molecule has 0 spiro atoms. The third-order valence-corrected chi connectivity index (χ3v) is 7.07. The summed E-state index contributed by atoms with van der Waals surface area (Å²) in [7, 11) is 0. The molecule has 0 unspecified atom stereocenters. The van der Waals surface area contributed by atoms with E-state index in [0.717, 1.165) is 49.4 Å². The second-order valence-electron chi connectivity index (χ2n) is 9.78. The average Bonchev–Trinajstić information content (AvgIpc) is 3.52. The summed E-state index contributed by atoms with van der Waals surface area (Å²) in [5.74, 6) is 0.409. The van der Waals surface area contributed by atoms with Crippen LogP contribution in [0.15, 0.2) is 91.4 Å². The average molecular weight is 525 g/mol. The Balaban J connectivity index is 1.05. The molecule has 0 aliphatic carbocycles. The number of nitrogens with zero attached hydrogens (tertiary/aromatic N) is 3. The molecular weight excluding hydrogens is 492 g/mol. The third kappa shape index (κ3) is 6.91. The summed E-state index contributed by atoms with van der Waals surface area (Å²) in [4.78, 5) is 30.8. The number of carbonyl (C=O) groups excluding carboxylic acids is 1. The Kier molecular flexibility index (Phi) is 8.33. The molecule has 1 aliphatic heterocycles. The van der Waals surface area contributed by atoms with Gasteiger partial charge in [0.25, 0.3) is 5.91 Å². The molecule has 4 aromatic rings. The molecule has 3 heterocycles. The standard InChI is InChI=1S/C31H32N4O4/c36-30(25-6-4-8-28(20-25)34-14-1-2-15-34)33-27-9-10-29(32-21-27)35-16-11-23(12-17-35)13-18-39-22-24-5-3-7-26(19-24)31(37)38/h1-10,14-15,19-21,23H,11-13,16-18,22H2,(H,33,36)(H,37,38). The van der Waals surface area contributed by atoms with Gasteiger partial charge < -0.3 is 24.6 Å². The summed E-state index contributed by atoms with van der Waals surface area (Å²) < 4.78 is 7.78. The number of aromatic carboxylic acids is 1. The second-order valence-corrected chi connectivity index (χ2v) is 9.78. The lowest BCUT2D eigenvalue weighted by Gasteiger charge is -2.32. The zero-order valence-electron chi connectivity index (χ0n) is 21.7. The van der Waals surface area contributed by atoms with Gasteiger partial charge in [0.15, 0.2) is 0 Å². The SMILES string of the molecule is O=C(O)c1cccc(COCCC2CCN(c3ccc(NC(=O)c4cccc(-n5cccc5)c4)cn3)CC2)c1. The van der Waals surface area contributed by atoms with Crippen molar-refractivity contribution in [1.82, 2.24) is 9.55 Å². The van der Waals surface area contributed by atoms with E-state index in [2.05, 4.69) is 15.2 Å². The molecule has 1 amide bonds. The number of carboxylic acid groups (broad SMARTS) is 1. The molecule has 0 bridgehead atoms. The van der Waals surface area contributed by atoms with Gasteiger partial charge >= 0.3 is 5.97 Å². The molecule has 8 heteroatoms. The number of hydrogen-bond donors (Lipinski definition) is 2. The summed E-state index contributed by atoms with van der Waals surface area (Å²) in [5, 5.41) is 12.1. The number of carbonyl (C=O) groups is 2. The number of piperidine rings is 1. The van der Waals surface area contributed by atoms with Gasteiger partial charge in [0.05, 0.1) is 24.1 Å². The van der Waals surface area contributed by atoms with Gasteiger partial charge in [-0.2, -0.15) is 0 Å². The number of aromatic nitrogens is 2. The Morgan fingerprint density at radius 1 is 0.949 bits per heavy atom. The summed E-state index contributed by atoms with van der Waals surface area (Å²) in [6, 6.07) is 22.1. The van der Waals surface area contributed by atoms with E-state index >= 15 is 0 Å². The van der Waals surface area contributed by atoms with Crippen LogP contribution in [0, 0.1) is 5.92 Å². The number of rotatable bonds is 10. The number of nitrogens with one attached hydrogen (secondary N) is 1. The first kappa shape index (κ1) is 26.2. The van der Waals surface area contributed by atoms with Crippen molar-refractivity contribution in [2.24, 2.45) is 5.92 Å². The van der Waals surface area contributed by atoms with Gasteiger partial charge in [0, 0.05) is 43.3 Å². The molecule has 5 rings (SSSR count). The lowest BCUT2D eigenvalue weighted by Crippen LogP contribution is -2.34. The van der Waals surface area contributed by atoms with Crippen LogP contribution in [0.25, 0.3) is 5.69 Å². The van der Waals surface area contributed by atoms with Crippen LogP contribution in [0.2, 0.25) is 0 Å².